The van der Waals surface area contributed by atoms with Crippen molar-refractivity contribution in [2.24, 2.45) is 0 Å². The Balaban J connectivity index is 1.40. The Kier molecular flexibility index (Phi) is 4.43. The normalized spacial score (nSPS) is 12.9. The molecule has 0 radical (unpaired) electrons. The zero-order chi connectivity index (χ0) is 20.7. The number of aromatic amines is 1. The van der Waals surface area contributed by atoms with Crippen LogP contribution in [0.5, 0.6) is 0 Å². The fraction of sp³-hybridized carbons (Fsp3) is 0.160. The summed E-state index contributed by atoms with van der Waals surface area (Å²) in [5.74, 6) is 0.111. The van der Waals surface area contributed by atoms with E-state index in [9.17, 15) is 9.59 Å². The fourth-order valence-electron chi connectivity index (χ4n) is 4.13. The third-order valence-electron chi connectivity index (χ3n) is 5.72. The van der Waals surface area contributed by atoms with Crippen molar-refractivity contribution in [2.45, 2.75) is 19.8 Å². The van der Waals surface area contributed by atoms with Crippen LogP contribution in [0, 0.1) is 6.92 Å². The van der Waals surface area contributed by atoms with Gasteiger partial charge in [-0.05, 0) is 42.2 Å². The van der Waals surface area contributed by atoms with Crippen molar-refractivity contribution in [1.29, 1.82) is 0 Å². The Labute approximate surface area is 174 Å². The average molecular weight is 395 g/mol. The number of hydrogen-bond donors (Lipinski definition) is 1. The number of hydrogen-bond acceptors (Lipinski definition) is 3. The van der Waals surface area contributed by atoms with E-state index in [4.69, 9.17) is 0 Å². The molecule has 1 amide bonds. The van der Waals surface area contributed by atoms with Crippen molar-refractivity contribution >= 4 is 22.4 Å². The van der Waals surface area contributed by atoms with Crippen LogP contribution in [-0.4, -0.2) is 22.6 Å². The number of carbonyl (C=O) groups is 1. The van der Waals surface area contributed by atoms with Crippen LogP contribution in [0.4, 0.5) is 5.69 Å². The van der Waals surface area contributed by atoms with Gasteiger partial charge in [0.05, 0.1) is 17.5 Å². The van der Waals surface area contributed by atoms with E-state index in [0.717, 1.165) is 40.9 Å². The molecular weight excluding hydrogens is 374 g/mol. The maximum absolute atomic E-state index is 12.9. The molecule has 148 valence electrons. The van der Waals surface area contributed by atoms with Crippen LogP contribution in [0.3, 0.4) is 0 Å². The van der Waals surface area contributed by atoms with Gasteiger partial charge in [0.1, 0.15) is 0 Å². The maximum atomic E-state index is 12.9. The van der Waals surface area contributed by atoms with Gasteiger partial charge in [0.25, 0.3) is 5.56 Å². The van der Waals surface area contributed by atoms with Gasteiger partial charge in [-0.1, -0.05) is 54.6 Å². The van der Waals surface area contributed by atoms with E-state index in [1.807, 2.05) is 47.4 Å². The minimum absolute atomic E-state index is 0.111. The topological polar surface area (TPSA) is 66.1 Å². The van der Waals surface area contributed by atoms with E-state index in [2.05, 4.69) is 35.3 Å². The summed E-state index contributed by atoms with van der Waals surface area (Å²) in [6.07, 6.45) is 1.26. The lowest BCUT2D eigenvalue weighted by Gasteiger charge is -2.18. The van der Waals surface area contributed by atoms with Gasteiger partial charge in [-0.3, -0.25) is 9.59 Å². The molecular formula is C25H21N3O2. The number of aromatic nitrogens is 2. The monoisotopic (exact) mass is 395 g/mol. The largest absolute Gasteiger partial charge is 0.312 e. The zero-order valence-electron chi connectivity index (χ0n) is 16.7. The summed E-state index contributed by atoms with van der Waals surface area (Å²) >= 11 is 0. The molecule has 0 saturated heterocycles. The van der Waals surface area contributed by atoms with E-state index >= 15 is 0 Å². The Morgan fingerprint density at radius 2 is 1.80 bits per heavy atom. The Bertz CT molecular complexity index is 1320. The Hall–Kier alpha value is -3.73. The number of carbonyl (C=O) groups excluding carboxylic acids is 1. The van der Waals surface area contributed by atoms with Gasteiger partial charge in [0.2, 0.25) is 5.91 Å². The van der Waals surface area contributed by atoms with Gasteiger partial charge in [0.15, 0.2) is 0 Å². The summed E-state index contributed by atoms with van der Waals surface area (Å²) in [5.41, 5.74) is 5.84. The molecule has 0 atom stereocenters. The molecule has 0 aliphatic carbocycles. The van der Waals surface area contributed by atoms with E-state index < -0.39 is 0 Å². The summed E-state index contributed by atoms with van der Waals surface area (Å²) < 4.78 is 0. The molecule has 0 fully saturated rings. The smallest absolute Gasteiger partial charge is 0.272 e. The SMILES string of the molecule is Cc1ccc2c(c1)N(C(=O)Cc1ccc(-c3n[nH]c(=O)c4ccccc34)cc1)CC2. The van der Waals surface area contributed by atoms with E-state index in [1.165, 1.54) is 11.1 Å². The van der Waals surface area contributed by atoms with Crippen molar-refractivity contribution < 1.29 is 4.79 Å². The minimum Gasteiger partial charge on any atom is -0.312 e. The lowest BCUT2D eigenvalue weighted by Crippen LogP contribution is -2.30. The van der Waals surface area contributed by atoms with Crippen molar-refractivity contribution in [3.05, 3.63) is 93.8 Å². The molecule has 30 heavy (non-hydrogen) atoms. The standard InChI is InChI=1S/C25H21N3O2/c1-16-6-9-18-12-13-28(22(18)14-16)23(29)15-17-7-10-19(11-8-17)24-20-4-2-3-5-21(20)25(30)27-26-24/h2-11,14H,12-13,15H2,1H3,(H,27,30). The summed E-state index contributed by atoms with van der Waals surface area (Å²) in [5, 5.41) is 8.25. The molecule has 2 heterocycles. The molecule has 3 aromatic carbocycles. The number of fused-ring (bicyclic) bond motifs is 2. The van der Waals surface area contributed by atoms with Gasteiger partial charge < -0.3 is 4.90 Å². The third-order valence-corrected chi connectivity index (χ3v) is 5.72. The first-order chi connectivity index (χ1) is 14.6. The van der Waals surface area contributed by atoms with Gasteiger partial charge in [-0.15, -0.1) is 0 Å². The van der Waals surface area contributed by atoms with Crippen LogP contribution in [0.1, 0.15) is 16.7 Å². The molecule has 0 bridgehead atoms. The predicted molar refractivity (Wildman–Crippen MR) is 119 cm³/mol. The summed E-state index contributed by atoms with van der Waals surface area (Å²) in [6, 6.07) is 21.6. The highest BCUT2D eigenvalue weighted by molar-refractivity contribution is 5.97. The number of nitrogens with zero attached hydrogens (tertiary/aromatic N) is 2. The first-order valence-corrected chi connectivity index (χ1v) is 10.1. The lowest BCUT2D eigenvalue weighted by atomic mass is 10.0. The molecule has 1 aromatic heterocycles. The van der Waals surface area contributed by atoms with Gasteiger partial charge in [0, 0.05) is 23.2 Å². The van der Waals surface area contributed by atoms with Gasteiger partial charge in [-0.2, -0.15) is 5.10 Å². The quantitative estimate of drug-likeness (QED) is 0.570. The molecule has 0 unspecified atom stereocenters. The van der Waals surface area contributed by atoms with Gasteiger partial charge >= 0.3 is 0 Å². The highest BCUT2D eigenvalue weighted by atomic mass is 16.2. The second-order valence-electron chi connectivity index (χ2n) is 7.75. The van der Waals surface area contributed by atoms with E-state index in [-0.39, 0.29) is 11.5 Å². The lowest BCUT2D eigenvalue weighted by molar-refractivity contribution is -0.117. The highest BCUT2D eigenvalue weighted by Crippen LogP contribution is 2.30. The Morgan fingerprint density at radius 1 is 1.03 bits per heavy atom. The van der Waals surface area contributed by atoms with Crippen molar-refractivity contribution in [3.8, 4) is 11.3 Å². The van der Waals surface area contributed by atoms with Crippen LogP contribution >= 0.6 is 0 Å². The highest BCUT2D eigenvalue weighted by Gasteiger charge is 2.24. The zero-order valence-corrected chi connectivity index (χ0v) is 16.7. The van der Waals surface area contributed by atoms with Gasteiger partial charge in [-0.25, -0.2) is 5.10 Å². The average Bonchev–Trinajstić information content (AvgIpc) is 3.18. The molecule has 1 aliphatic rings. The van der Waals surface area contributed by atoms with Crippen molar-refractivity contribution in [2.75, 3.05) is 11.4 Å². The molecule has 4 aromatic rings. The minimum atomic E-state index is -0.197. The number of amides is 1. The molecule has 5 heteroatoms. The number of aryl methyl sites for hydroxylation is 1. The summed E-state index contributed by atoms with van der Waals surface area (Å²) in [4.78, 5) is 26.8. The van der Waals surface area contributed by atoms with Crippen LogP contribution in [0.2, 0.25) is 0 Å². The fourth-order valence-corrected chi connectivity index (χ4v) is 4.13. The molecule has 5 nitrogen and oxygen atoms in total. The van der Waals surface area contributed by atoms with Crippen molar-refractivity contribution in [3.63, 3.8) is 0 Å². The molecule has 1 aliphatic heterocycles. The number of benzene rings is 3. The maximum Gasteiger partial charge on any atom is 0.272 e. The first kappa shape index (κ1) is 18.3. The number of H-pyrrole nitrogens is 1. The predicted octanol–water partition coefficient (Wildman–Crippen LogP) is 4.03. The van der Waals surface area contributed by atoms with Crippen molar-refractivity contribution in [1.82, 2.24) is 10.2 Å². The van der Waals surface area contributed by atoms with Crippen LogP contribution in [0.15, 0.2) is 71.5 Å². The molecule has 5 rings (SSSR count). The van der Waals surface area contributed by atoms with Crippen LogP contribution in [0.25, 0.3) is 22.0 Å². The Morgan fingerprint density at radius 3 is 2.60 bits per heavy atom. The second kappa shape index (κ2) is 7.26. The van der Waals surface area contributed by atoms with Crippen LogP contribution in [-0.2, 0) is 17.6 Å². The first-order valence-electron chi connectivity index (χ1n) is 10.1. The van der Waals surface area contributed by atoms with E-state index in [1.54, 1.807) is 6.07 Å². The van der Waals surface area contributed by atoms with Crippen LogP contribution < -0.4 is 10.5 Å². The summed E-state index contributed by atoms with van der Waals surface area (Å²) in [6.45, 7) is 2.79. The number of anilines is 1. The summed E-state index contributed by atoms with van der Waals surface area (Å²) in [7, 11) is 0. The molecule has 1 N–H and O–H groups in total. The second-order valence-corrected chi connectivity index (χ2v) is 7.75. The molecule has 0 spiro atoms. The number of nitrogens with one attached hydrogen (secondary N) is 1. The molecule has 0 saturated carbocycles. The van der Waals surface area contributed by atoms with E-state index in [0.29, 0.717) is 11.8 Å². The third kappa shape index (κ3) is 3.18. The number of rotatable bonds is 3.